The second-order valence-corrected chi connectivity index (χ2v) is 6.49. The van der Waals surface area contributed by atoms with Crippen LogP contribution in [0.3, 0.4) is 0 Å². The van der Waals surface area contributed by atoms with Crippen LogP contribution in [-0.2, 0) is 6.54 Å². The first-order valence-corrected chi connectivity index (χ1v) is 7.94. The molecule has 0 bridgehead atoms. The molecule has 0 aliphatic carbocycles. The van der Waals surface area contributed by atoms with Crippen molar-refractivity contribution < 1.29 is 0 Å². The first kappa shape index (κ1) is 14.1. The molecule has 0 radical (unpaired) electrons. The molecule has 0 saturated heterocycles. The van der Waals surface area contributed by atoms with E-state index in [0.717, 1.165) is 6.54 Å². The summed E-state index contributed by atoms with van der Waals surface area (Å²) in [5.41, 5.74) is 4.00. The number of benzene rings is 2. The fraction of sp³-hybridized carbons (Fsp3) is 0.158. The van der Waals surface area contributed by atoms with E-state index in [1.165, 1.54) is 26.4 Å². The van der Waals surface area contributed by atoms with Crippen LogP contribution in [0, 0.1) is 0 Å². The van der Waals surface area contributed by atoms with Crippen LogP contribution >= 0.6 is 11.3 Å². The molecule has 3 rings (SSSR count). The summed E-state index contributed by atoms with van der Waals surface area (Å²) in [4.78, 5) is 4.94. The summed E-state index contributed by atoms with van der Waals surface area (Å²) in [5, 5.41) is 0. The van der Waals surface area contributed by atoms with Crippen LogP contribution in [0.4, 0.5) is 0 Å². The lowest BCUT2D eigenvalue weighted by molar-refractivity contribution is 0.403. The van der Waals surface area contributed by atoms with Crippen molar-refractivity contribution in [3.8, 4) is 20.9 Å². The minimum Gasteiger partial charge on any atom is -0.305 e. The zero-order valence-electron chi connectivity index (χ0n) is 12.4. The lowest BCUT2D eigenvalue weighted by Gasteiger charge is -2.10. The first-order valence-electron chi connectivity index (χ1n) is 7.12. The molecule has 106 valence electrons. The zero-order valence-corrected chi connectivity index (χ0v) is 13.2. The van der Waals surface area contributed by atoms with Gasteiger partial charge in [0.05, 0.1) is 0 Å². The second-order valence-electron chi connectivity index (χ2n) is 5.43. The van der Waals surface area contributed by atoms with Gasteiger partial charge in [-0.3, -0.25) is 0 Å². The van der Waals surface area contributed by atoms with E-state index in [4.69, 9.17) is 0 Å². The van der Waals surface area contributed by atoms with Crippen LogP contribution in [0.25, 0.3) is 20.9 Å². The molecule has 0 fully saturated rings. The SMILES string of the molecule is CN(C)Cc1cc(-c2ccccc2)sc1-c1ccccc1. The smallest absolute Gasteiger partial charge is 0.0394 e. The van der Waals surface area contributed by atoms with Gasteiger partial charge in [-0.1, -0.05) is 60.7 Å². The minimum absolute atomic E-state index is 0.966. The highest BCUT2D eigenvalue weighted by Crippen LogP contribution is 2.38. The highest BCUT2D eigenvalue weighted by molar-refractivity contribution is 7.19. The van der Waals surface area contributed by atoms with Crippen LogP contribution in [-0.4, -0.2) is 19.0 Å². The monoisotopic (exact) mass is 293 g/mol. The van der Waals surface area contributed by atoms with Crippen LogP contribution in [0.2, 0.25) is 0 Å². The quantitative estimate of drug-likeness (QED) is 0.643. The van der Waals surface area contributed by atoms with Gasteiger partial charge in [0.25, 0.3) is 0 Å². The Labute approximate surface area is 130 Å². The minimum atomic E-state index is 0.966. The maximum absolute atomic E-state index is 2.34. The first-order chi connectivity index (χ1) is 10.2. The number of hydrogen-bond acceptors (Lipinski definition) is 2. The van der Waals surface area contributed by atoms with Crippen LogP contribution in [0.15, 0.2) is 66.7 Å². The van der Waals surface area contributed by atoms with Gasteiger partial charge in [0.1, 0.15) is 0 Å². The lowest BCUT2D eigenvalue weighted by atomic mass is 10.1. The highest BCUT2D eigenvalue weighted by Gasteiger charge is 2.12. The number of hydrogen-bond donors (Lipinski definition) is 0. The van der Waals surface area contributed by atoms with Crippen LogP contribution in [0.1, 0.15) is 5.56 Å². The Bertz CT molecular complexity index is 699. The Balaban J connectivity index is 2.07. The van der Waals surface area contributed by atoms with E-state index in [0.29, 0.717) is 0 Å². The van der Waals surface area contributed by atoms with Gasteiger partial charge >= 0.3 is 0 Å². The van der Waals surface area contributed by atoms with Gasteiger partial charge in [0, 0.05) is 16.3 Å². The molecular weight excluding hydrogens is 274 g/mol. The topological polar surface area (TPSA) is 3.24 Å². The van der Waals surface area contributed by atoms with E-state index in [2.05, 4.69) is 85.7 Å². The molecule has 21 heavy (non-hydrogen) atoms. The second kappa shape index (κ2) is 6.25. The maximum atomic E-state index is 2.34. The summed E-state index contributed by atoms with van der Waals surface area (Å²) in [5.74, 6) is 0. The largest absolute Gasteiger partial charge is 0.305 e. The number of nitrogens with zero attached hydrogens (tertiary/aromatic N) is 1. The van der Waals surface area contributed by atoms with Gasteiger partial charge in [0.2, 0.25) is 0 Å². The van der Waals surface area contributed by atoms with E-state index in [1.807, 2.05) is 11.3 Å². The standard InChI is InChI=1S/C19H19NS/c1-20(2)14-17-13-18(15-9-5-3-6-10-15)21-19(17)16-11-7-4-8-12-16/h3-13H,14H2,1-2H3. The fourth-order valence-corrected chi connectivity index (χ4v) is 3.65. The van der Waals surface area contributed by atoms with Crippen molar-refractivity contribution in [3.05, 3.63) is 72.3 Å². The zero-order chi connectivity index (χ0) is 14.7. The summed E-state index contributed by atoms with van der Waals surface area (Å²) in [6.45, 7) is 0.966. The molecule has 0 aliphatic rings. The van der Waals surface area contributed by atoms with Crippen molar-refractivity contribution in [2.75, 3.05) is 14.1 Å². The van der Waals surface area contributed by atoms with Gasteiger partial charge in [-0.05, 0) is 36.9 Å². The van der Waals surface area contributed by atoms with Crippen molar-refractivity contribution in [3.63, 3.8) is 0 Å². The van der Waals surface area contributed by atoms with Gasteiger partial charge in [-0.25, -0.2) is 0 Å². The molecule has 0 N–H and O–H groups in total. The highest BCUT2D eigenvalue weighted by atomic mass is 32.1. The van der Waals surface area contributed by atoms with Crippen molar-refractivity contribution in [2.45, 2.75) is 6.54 Å². The Morgan fingerprint density at radius 2 is 1.38 bits per heavy atom. The average Bonchev–Trinajstić information content (AvgIpc) is 2.92. The fourth-order valence-electron chi connectivity index (χ4n) is 2.47. The third kappa shape index (κ3) is 3.23. The third-order valence-corrected chi connectivity index (χ3v) is 4.67. The predicted octanol–water partition coefficient (Wildman–Crippen LogP) is 5.14. The number of rotatable bonds is 4. The molecular formula is C19H19NS. The Morgan fingerprint density at radius 3 is 1.95 bits per heavy atom. The van der Waals surface area contributed by atoms with E-state index >= 15 is 0 Å². The Morgan fingerprint density at radius 1 is 0.810 bits per heavy atom. The molecule has 0 amide bonds. The lowest BCUT2D eigenvalue weighted by Crippen LogP contribution is -2.10. The molecule has 0 unspecified atom stereocenters. The molecule has 1 nitrogen and oxygen atoms in total. The molecule has 2 heteroatoms. The molecule has 0 aliphatic heterocycles. The van der Waals surface area contributed by atoms with E-state index in [9.17, 15) is 0 Å². The normalized spacial score (nSPS) is 11.0. The van der Waals surface area contributed by atoms with Gasteiger partial charge in [0.15, 0.2) is 0 Å². The molecule has 3 aromatic rings. The molecule has 0 spiro atoms. The van der Waals surface area contributed by atoms with Crippen molar-refractivity contribution in [1.82, 2.24) is 4.90 Å². The Kier molecular flexibility index (Phi) is 4.18. The molecule has 2 aromatic carbocycles. The average molecular weight is 293 g/mol. The van der Waals surface area contributed by atoms with Gasteiger partial charge in [-0.2, -0.15) is 0 Å². The summed E-state index contributed by atoms with van der Waals surface area (Å²) in [6, 6.07) is 23.6. The van der Waals surface area contributed by atoms with Gasteiger partial charge in [-0.15, -0.1) is 11.3 Å². The molecule has 1 aromatic heterocycles. The maximum Gasteiger partial charge on any atom is 0.0394 e. The summed E-state index contributed by atoms with van der Waals surface area (Å²) in [6.07, 6.45) is 0. The van der Waals surface area contributed by atoms with Crippen molar-refractivity contribution in [2.24, 2.45) is 0 Å². The van der Waals surface area contributed by atoms with Gasteiger partial charge < -0.3 is 4.90 Å². The molecule has 0 saturated carbocycles. The van der Waals surface area contributed by atoms with E-state index in [-0.39, 0.29) is 0 Å². The van der Waals surface area contributed by atoms with Crippen molar-refractivity contribution >= 4 is 11.3 Å². The number of thiophene rings is 1. The van der Waals surface area contributed by atoms with E-state index < -0.39 is 0 Å². The summed E-state index contributed by atoms with van der Waals surface area (Å²) in [7, 11) is 4.24. The molecule has 0 atom stereocenters. The molecule has 1 heterocycles. The van der Waals surface area contributed by atoms with E-state index in [1.54, 1.807) is 0 Å². The Hall–Kier alpha value is -1.90. The van der Waals surface area contributed by atoms with Crippen LogP contribution < -0.4 is 0 Å². The van der Waals surface area contributed by atoms with Crippen molar-refractivity contribution in [1.29, 1.82) is 0 Å². The van der Waals surface area contributed by atoms with Crippen LogP contribution in [0.5, 0.6) is 0 Å². The predicted molar refractivity (Wildman–Crippen MR) is 92.6 cm³/mol. The summed E-state index contributed by atoms with van der Waals surface area (Å²) >= 11 is 1.88. The summed E-state index contributed by atoms with van der Waals surface area (Å²) < 4.78 is 0. The third-order valence-electron chi connectivity index (χ3n) is 3.39.